The molecular weight excluding hydrogens is 500 g/mol. The molecule has 0 aromatic heterocycles. The largest absolute Gasteiger partial charge is 0.459 e. The lowest BCUT2D eigenvalue weighted by Crippen LogP contribution is -2.32. The third-order valence-corrected chi connectivity index (χ3v) is 5.52. The fraction of sp³-hybridized carbons (Fsp3) is 0.348. The Labute approximate surface area is 189 Å². The van der Waals surface area contributed by atoms with Crippen LogP contribution in [-0.2, 0) is 20.8 Å². The van der Waals surface area contributed by atoms with Gasteiger partial charge >= 0.3 is 0 Å². The van der Waals surface area contributed by atoms with Gasteiger partial charge in [0.25, 0.3) is 5.91 Å². The molecule has 5 nitrogen and oxygen atoms in total. The van der Waals surface area contributed by atoms with Gasteiger partial charge in [0.1, 0.15) is 5.82 Å². The number of halogens is 2. The highest BCUT2D eigenvalue weighted by Crippen LogP contribution is 2.32. The minimum absolute atomic E-state index is 0.00911. The highest BCUT2D eigenvalue weighted by Gasteiger charge is 2.28. The summed E-state index contributed by atoms with van der Waals surface area (Å²) in [5.74, 6) is -0.437. The van der Waals surface area contributed by atoms with Gasteiger partial charge in [-0.1, -0.05) is 24.3 Å². The quantitative estimate of drug-likeness (QED) is 0.380. The van der Waals surface area contributed by atoms with Crippen LogP contribution in [0.3, 0.4) is 0 Å². The molecule has 2 aromatic carbocycles. The number of nitrogens with one attached hydrogen (secondary N) is 1. The van der Waals surface area contributed by atoms with Gasteiger partial charge in [-0.25, -0.2) is 4.39 Å². The van der Waals surface area contributed by atoms with Crippen molar-refractivity contribution in [1.82, 2.24) is 5.32 Å². The monoisotopic (exact) mass is 525 g/mol. The Morgan fingerprint density at radius 2 is 1.90 bits per heavy atom. The SMILES string of the molecule is O=C(NCc1ccc(F)cc1)C1=C[C@H](c2ccc(I)cc2)C[C@H](OCCCCO)O1. The fourth-order valence-electron chi connectivity index (χ4n) is 3.16. The van der Waals surface area contributed by atoms with Gasteiger partial charge in [-0.3, -0.25) is 4.79 Å². The number of rotatable bonds is 9. The van der Waals surface area contributed by atoms with E-state index in [0.717, 1.165) is 21.1 Å². The number of amides is 1. The molecule has 160 valence electrons. The van der Waals surface area contributed by atoms with Gasteiger partial charge < -0.3 is 19.9 Å². The van der Waals surface area contributed by atoms with Gasteiger partial charge in [0.05, 0.1) is 6.61 Å². The van der Waals surface area contributed by atoms with E-state index >= 15 is 0 Å². The van der Waals surface area contributed by atoms with Crippen molar-refractivity contribution in [2.75, 3.05) is 13.2 Å². The summed E-state index contributed by atoms with van der Waals surface area (Å²) >= 11 is 2.26. The maximum Gasteiger partial charge on any atom is 0.286 e. The molecule has 0 saturated heterocycles. The molecule has 0 unspecified atom stereocenters. The first-order chi connectivity index (χ1) is 14.5. The number of unbranched alkanes of at least 4 members (excludes halogenated alkanes) is 1. The highest BCUT2D eigenvalue weighted by atomic mass is 127. The van der Waals surface area contributed by atoms with Crippen LogP contribution in [0.1, 0.15) is 36.3 Å². The zero-order valence-corrected chi connectivity index (χ0v) is 18.7. The van der Waals surface area contributed by atoms with Crippen LogP contribution in [0.5, 0.6) is 0 Å². The van der Waals surface area contributed by atoms with Crippen LogP contribution in [0.2, 0.25) is 0 Å². The van der Waals surface area contributed by atoms with Crippen LogP contribution in [0.4, 0.5) is 4.39 Å². The van der Waals surface area contributed by atoms with Crippen LogP contribution in [-0.4, -0.2) is 30.5 Å². The minimum atomic E-state index is -0.537. The molecule has 1 aliphatic heterocycles. The lowest BCUT2D eigenvalue weighted by molar-refractivity contribution is -0.146. The van der Waals surface area contributed by atoms with Crippen LogP contribution < -0.4 is 5.32 Å². The molecule has 1 amide bonds. The molecule has 2 atom stereocenters. The first-order valence-electron chi connectivity index (χ1n) is 9.94. The standard InChI is InChI=1S/C23H25FINO4/c24-19-7-3-16(4-8-19)15-26-23(28)21-13-18(17-5-9-20(25)10-6-17)14-22(30-21)29-12-2-1-11-27/h3-10,13,18,22,27H,1-2,11-12,14-15H2,(H,26,28)/t18-,22+/m0/s1. The van der Waals surface area contributed by atoms with Crippen molar-refractivity contribution >= 4 is 28.5 Å². The van der Waals surface area contributed by atoms with E-state index in [0.29, 0.717) is 19.4 Å². The molecule has 0 bridgehead atoms. The summed E-state index contributed by atoms with van der Waals surface area (Å²) in [5.41, 5.74) is 1.89. The van der Waals surface area contributed by atoms with Crippen molar-refractivity contribution in [2.45, 2.75) is 38.0 Å². The van der Waals surface area contributed by atoms with Crippen LogP contribution in [0.15, 0.2) is 60.4 Å². The van der Waals surface area contributed by atoms with E-state index in [2.05, 4.69) is 27.9 Å². The zero-order valence-electron chi connectivity index (χ0n) is 16.5. The molecule has 0 aliphatic carbocycles. The molecule has 0 saturated carbocycles. The van der Waals surface area contributed by atoms with Crippen LogP contribution in [0.25, 0.3) is 0 Å². The highest BCUT2D eigenvalue weighted by molar-refractivity contribution is 14.1. The van der Waals surface area contributed by atoms with Gasteiger partial charge in [-0.05, 0) is 76.9 Å². The average Bonchev–Trinajstić information content (AvgIpc) is 2.76. The molecule has 2 aromatic rings. The maximum absolute atomic E-state index is 13.1. The first kappa shape index (κ1) is 22.7. The van der Waals surface area contributed by atoms with E-state index in [1.807, 2.05) is 30.3 Å². The number of aliphatic hydroxyl groups excluding tert-OH is 1. The molecule has 0 fully saturated rings. The Hall–Kier alpha value is -1.97. The van der Waals surface area contributed by atoms with Crippen molar-refractivity contribution in [2.24, 2.45) is 0 Å². The third kappa shape index (κ3) is 6.78. The van der Waals surface area contributed by atoms with Gasteiger partial charge in [0.15, 0.2) is 5.76 Å². The van der Waals surface area contributed by atoms with E-state index in [-0.39, 0.29) is 36.6 Å². The molecular formula is C23H25FINO4. The van der Waals surface area contributed by atoms with Crippen LogP contribution >= 0.6 is 22.6 Å². The predicted octanol–water partition coefficient (Wildman–Crippen LogP) is 4.25. The first-order valence-corrected chi connectivity index (χ1v) is 11.0. The van der Waals surface area contributed by atoms with Gasteiger partial charge in [-0.2, -0.15) is 0 Å². The number of allylic oxidation sites excluding steroid dienone is 1. The second-order valence-electron chi connectivity index (χ2n) is 7.08. The fourth-order valence-corrected chi connectivity index (χ4v) is 3.52. The van der Waals surface area contributed by atoms with Crippen molar-refractivity contribution in [3.63, 3.8) is 0 Å². The Balaban J connectivity index is 1.68. The zero-order chi connectivity index (χ0) is 21.3. The van der Waals surface area contributed by atoms with E-state index in [1.54, 1.807) is 12.1 Å². The van der Waals surface area contributed by atoms with E-state index in [9.17, 15) is 9.18 Å². The molecule has 1 heterocycles. The molecule has 30 heavy (non-hydrogen) atoms. The van der Waals surface area contributed by atoms with Gasteiger partial charge in [0, 0.05) is 29.1 Å². The number of hydrogen-bond donors (Lipinski definition) is 2. The van der Waals surface area contributed by atoms with Crippen LogP contribution in [0, 0.1) is 9.39 Å². The van der Waals surface area contributed by atoms with Gasteiger partial charge in [-0.15, -0.1) is 0 Å². The summed E-state index contributed by atoms with van der Waals surface area (Å²) in [4.78, 5) is 12.7. The number of benzene rings is 2. The Morgan fingerprint density at radius 1 is 1.17 bits per heavy atom. The summed E-state index contributed by atoms with van der Waals surface area (Å²) in [7, 11) is 0. The number of carbonyl (C=O) groups excluding carboxylic acids is 1. The average molecular weight is 525 g/mol. The summed E-state index contributed by atoms with van der Waals surface area (Å²) in [5, 5.41) is 11.8. The topological polar surface area (TPSA) is 67.8 Å². The smallest absolute Gasteiger partial charge is 0.286 e. The molecule has 3 rings (SSSR count). The Kier molecular flexibility index (Phi) is 8.65. The van der Waals surface area contributed by atoms with E-state index in [1.165, 1.54) is 12.1 Å². The van der Waals surface area contributed by atoms with E-state index in [4.69, 9.17) is 14.6 Å². The van der Waals surface area contributed by atoms with Crippen molar-refractivity contribution in [3.05, 3.63) is 80.9 Å². The third-order valence-electron chi connectivity index (χ3n) is 4.80. The molecule has 0 spiro atoms. The normalized spacial score (nSPS) is 18.4. The minimum Gasteiger partial charge on any atom is -0.459 e. The predicted molar refractivity (Wildman–Crippen MR) is 120 cm³/mol. The van der Waals surface area contributed by atoms with Crippen molar-refractivity contribution in [1.29, 1.82) is 0 Å². The second-order valence-corrected chi connectivity index (χ2v) is 8.33. The summed E-state index contributed by atoms with van der Waals surface area (Å²) in [6.07, 6.45) is 3.28. The number of carbonyl (C=O) groups is 1. The molecule has 2 N–H and O–H groups in total. The van der Waals surface area contributed by atoms with E-state index < -0.39 is 6.29 Å². The van der Waals surface area contributed by atoms with Crippen molar-refractivity contribution in [3.8, 4) is 0 Å². The number of hydrogen-bond acceptors (Lipinski definition) is 4. The Bertz CT molecular complexity index is 855. The lowest BCUT2D eigenvalue weighted by Gasteiger charge is -2.29. The summed E-state index contributed by atoms with van der Waals surface area (Å²) < 4.78 is 25.8. The summed E-state index contributed by atoms with van der Waals surface area (Å²) in [6, 6.07) is 14.1. The lowest BCUT2D eigenvalue weighted by atomic mass is 9.93. The molecule has 0 radical (unpaired) electrons. The molecule has 1 aliphatic rings. The van der Waals surface area contributed by atoms with Gasteiger partial charge in [0.2, 0.25) is 6.29 Å². The maximum atomic E-state index is 13.1. The number of ether oxygens (including phenoxy) is 2. The molecule has 7 heteroatoms. The summed E-state index contributed by atoms with van der Waals surface area (Å²) in [6.45, 7) is 0.849. The Morgan fingerprint density at radius 3 is 2.60 bits per heavy atom. The number of aliphatic hydroxyl groups is 1. The van der Waals surface area contributed by atoms with Crippen molar-refractivity contribution < 1.29 is 23.8 Å². The second kappa shape index (κ2) is 11.4.